The Morgan fingerprint density at radius 1 is 1.18 bits per heavy atom. The molecule has 0 saturated heterocycles. The molecular formula is C12H11BrN2O2. The molecule has 0 radical (unpaired) electrons. The van der Waals surface area contributed by atoms with Crippen molar-refractivity contribution >= 4 is 15.9 Å². The third-order valence-electron chi connectivity index (χ3n) is 2.16. The minimum Gasteiger partial charge on any atom is -0.466 e. The third kappa shape index (κ3) is 3.01. The number of methoxy groups -OCH3 is 1. The summed E-state index contributed by atoms with van der Waals surface area (Å²) in [6, 6.07) is 5.82. The van der Waals surface area contributed by atoms with E-state index in [1.807, 2.05) is 18.2 Å². The van der Waals surface area contributed by atoms with Gasteiger partial charge in [-0.2, -0.15) is 0 Å². The molecule has 88 valence electrons. The molecule has 1 aromatic heterocycles. The molecule has 17 heavy (non-hydrogen) atoms. The van der Waals surface area contributed by atoms with E-state index >= 15 is 0 Å². The number of aromatic nitrogens is 2. The van der Waals surface area contributed by atoms with Gasteiger partial charge in [0.2, 0.25) is 0 Å². The normalized spacial score (nSPS) is 10.2. The highest BCUT2D eigenvalue weighted by Gasteiger charge is 2.05. The Kier molecular flexibility index (Phi) is 4.06. The summed E-state index contributed by atoms with van der Waals surface area (Å²) in [6.07, 6.45) is 5.03. The Morgan fingerprint density at radius 3 is 2.65 bits per heavy atom. The standard InChI is InChI=1S/C12H11BrN2O2/c1-16-8-17-12-4-9(2-3-11(12)13)10-5-14-7-15-6-10/h2-7H,8H2,1H3. The number of rotatable bonds is 4. The fourth-order valence-electron chi connectivity index (χ4n) is 1.36. The molecule has 0 aliphatic carbocycles. The number of nitrogens with zero attached hydrogens (tertiary/aromatic N) is 2. The molecule has 0 aliphatic rings. The lowest BCUT2D eigenvalue weighted by molar-refractivity contribution is 0.0506. The van der Waals surface area contributed by atoms with Gasteiger partial charge in [0.15, 0.2) is 6.79 Å². The number of hydrogen-bond donors (Lipinski definition) is 0. The Labute approximate surface area is 108 Å². The largest absolute Gasteiger partial charge is 0.466 e. The first-order valence-electron chi connectivity index (χ1n) is 4.98. The van der Waals surface area contributed by atoms with Gasteiger partial charge in [0.1, 0.15) is 12.1 Å². The first-order chi connectivity index (χ1) is 8.31. The van der Waals surface area contributed by atoms with Crippen LogP contribution in [0.2, 0.25) is 0 Å². The predicted molar refractivity (Wildman–Crippen MR) is 67.7 cm³/mol. The highest BCUT2D eigenvalue weighted by Crippen LogP contribution is 2.30. The number of hydrogen-bond acceptors (Lipinski definition) is 4. The van der Waals surface area contributed by atoms with E-state index in [2.05, 4.69) is 25.9 Å². The highest BCUT2D eigenvalue weighted by molar-refractivity contribution is 9.10. The van der Waals surface area contributed by atoms with Crippen LogP contribution in [0.15, 0.2) is 41.4 Å². The average molecular weight is 295 g/mol. The molecule has 4 nitrogen and oxygen atoms in total. The van der Waals surface area contributed by atoms with E-state index in [0.29, 0.717) is 0 Å². The molecule has 0 atom stereocenters. The van der Waals surface area contributed by atoms with Crippen molar-refractivity contribution in [3.05, 3.63) is 41.4 Å². The summed E-state index contributed by atoms with van der Waals surface area (Å²) in [5, 5.41) is 0. The molecular weight excluding hydrogens is 284 g/mol. The molecule has 1 aromatic carbocycles. The van der Waals surface area contributed by atoms with Gasteiger partial charge < -0.3 is 9.47 Å². The van der Waals surface area contributed by atoms with Crippen LogP contribution in [0.3, 0.4) is 0 Å². The van der Waals surface area contributed by atoms with Gasteiger partial charge in [0.05, 0.1) is 4.47 Å². The molecule has 0 spiro atoms. The van der Waals surface area contributed by atoms with Gasteiger partial charge in [0, 0.05) is 25.1 Å². The molecule has 0 aliphatic heterocycles. The van der Waals surface area contributed by atoms with Crippen LogP contribution in [0, 0.1) is 0 Å². The monoisotopic (exact) mass is 294 g/mol. The van der Waals surface area contributed by atoms with Crippen LogP contribution >= 0.6 is 15.9 Å². The van der Waals surface area contributed by atoms with Gasteiger partial charge in [0.25, 0.3) is 0 Å². The van der Waals surface area contributed by atoms with Crippen LogP contribution in [0.1, 0.15) is 0 Å². The van der Waals surface area contributed by atoms with Crippen molar-refractivity contribution in [2.75, 3.05) is 13.9 Å². The Balaban J connectivity index is 2.31. The second-order valence-corrected chi connectivity index (χ2v) is 4.18. The van der Waals surface area contributed by atoms with Crippen molar-refractivity contribution in [3.8, 4) is 16.9 Å². The first kappa shape index (κ1) is 12.0. The SMILES string of the molecule is COCOc1cc(-c2cncnc2)ccc1Br. The Morgan fingerprint density at radius 2 is 1.94 bits per heavy atom. The maximum absolute atomic E-state index is 5.44. The molecule has 0 N–H and O–H groups in total. The van der Waals surface area contributed by atoms with Crippen molar-refractivity contribution in [2.24, 2.45) is 0 Å². The van der Waals surface area contributed by atoms with Gasteiger partial charge in [-0.1, -0.05) is 6.07 Å². The lowest BCUT2D eigenvalue weighted by atomic mass is 10.1. The second kappa shape index (κ2) is 5.75. The van der Waals surface area contributed by atoms with Gasteiger partial charge in [-0.3, -0.25) is 0 Å². The van der Waals surface area contributed by atoms with Crippen LogP contribution in [-0.2, 0) is 4.74 Å². The second-order valence-electron chi connectivity index (χ2n) is 3.32. The fraction of sp³-hybridized carbons (Fsp3) is 0.167. The highest BCUT2D eigenvalue weighted by atomic mass is 79.9. The maximum Gasteiger partial charge on any atom is 0.188 e. The lowest BCUT2D eigenvalue weighted by Crippen LogP contribution is -1.99. The minimum atomic E-state index is 0.216. The van der Waals surface area contributed by atoms with E-state index in [9.17, 15) is 0 Å². The molecule has 5 heteroatoms. The zero-order valence-corrected chi connectivity index (χ0v) is 10.8. The molecule has 2 rings (SSSR count). The van der Waals surface area contributed by atoms with E-state index in [4.69, 9.17) is 9.47 Å². The van der Waals surface area contributed by atoms with Crippen LogP contribution in [0.25, 0.3) is 11.1 Å². The van der Waals surface area contributed by atoms with E-state index in [1.165, 1.54) is 6.33 Å². The summed E-state index contributed by atoms with van der Waals surface area (Å²) >= 11 is 3.42. The topological polar surface area (TPSA) is 44.2 Å². The summed E-state index contributed by atoms with van der Waals surface area (Å²) in [7, 11) is 1.59. The quantitative estimate of drug-likeness (QED) is 0.814. The van der Waals surface area contributed by atoms with Gasteiger partial charge in [-0.05, 0) is 33.6 Å². The van der Waals surface area contributed by atoms with Crippen molar-refractivity contribution < 1.29 is 9.47 Å². The first-order valence-corrected chi connectivity index (χ1v) is 5.77. The number of ether oxygens (including phenoxy) is 2. The Bertz CT molecular complexity index is 491. The maximum atomic E-state index is 5.44. The predicted octanol–water partition coefficient (Wildman–Crippen LogP) is 2.89. The summed E-state index contributed by atoms with van der Waals surface area (Å²) in [5.41, 5.74) is 1.95. The summed E-state index contributed by atoms with van der Waals surface area (Å²) < 4.78 is 11.2. The molecule has 0 fully saturated rings. The fourth-order valence-corrected chi connectivity index (χ4v) is 1.73. The molecule has 0 amide bonds. The van der Waals surface area contributed by atoms with E-state index in [1.54, 1.807) is 19.5 Å². The van der Waals surface area contributed by atoms with Gasteiger partial charge >= 0.3 is 0 Å². The minimum absolute atomic E-state index is 0.216. The Hall–Kier alpha value is -1.46. The number of halogens is 1. The van der Waals surface area contributed by atoms with Crippen molar-refractivity contribution in [3.63, 3.8) is 0 Å². The van der Waals surface area contributed by atoms with E-state index in [0.717, 1.165) is 21.3 Å². The van der Waals surface area contributed by atoms with Crippen LogP contribution in [-0.4, -0.2) is 23.9 Å². The summed E-state index contributed by atoms with van der Waals surface area (Å²) in [4.78, 5) is 7.97. The zero-order chi connectivity index (χ0) is 12.1. The van der Waals surface area contributed by atoms with E-state index in [-0.39, 0.29) is 6.79 Å². The average Bonchev–Trinajstić information content (AvgIpc) is 2.39. The molecule has 1 heterocycles. The molecule has 0 bridgehead atoms. The summed E-state index contributed by atoms with van der Waals surface area (Å²) in [6.45, 7) is 0.216. The van der Waals surface area contributed by atoms with E-state index < -0.39 is 0 Å². The molecule has 0 unspecified atom stereocenters. The van der Waals surface area contributed by atoms with Crippen molar-refractivity contribution in [2.45, 2.75) is 0 Å². The molecule has 0 saturated carbocycles. The van der Waals surface area contributed by atoms with Crippen LogP contribution < -0.4 is 4.74 Å². The van der Waals surface area contributed by atoms with Crippen molar-refractivity contribution in [1.29, 1.82) is 0 Å². The number of benzene rings is 1. The zero-order valence-electron chi connectivity index (χ0n) is 9.26. The molecule has 2 aromatic rings. The van der Waals surface area contributed by atoms with Gasteiger partial charge in [-0.15, -0.1) is 0 Å². The van der Waals surface area contributed by atoms with Crippen molar-refractivity contribution in [1.82, 2.24) is 9.97 Å². The summed E-state index contributed by atoms with van der Waals surface area (Å²) in [5.74, 6) is 0.730. The lowest BCUT2D eigenvalue weighted by Gasteiger charge is -2.09. The third-order valence-corrected chi connectivity index (χ3v) is 2.81. The van der Waals surface area contributed by atoms with Crippen LogP contribution in [0.4, 0.5) is 0 Å². The van der Waals surface area contributed by atoms with Gasteiger partial charge in [-0.25, -0.2) is 9.97 Å². The van der Waals surface area contributed by atoms with Crippen LogP contribution in [0.5, 0.6) is 5.75 Å². The smallest absolute Gasteiger partial charge is 0.188 e.